The summed E-state index contributed by atoms with van der Waals surface area (Å²) in [6, 6.07) is 22.6. The number of fused-ring (bicyclic) bond motifs is 1. The minimum Gasteiger partial charge on any atom is -0.457 e. The van der Waals surface area contributed by atoms with Crippen molar-refractivity contribution in [3.8, 4) is 11.5 Å². The third kappa shape index (κ3) is 6.16. The van der Waals surface area contributed by atoms with Crippen molar-refractivity contribution < 1.29 is 28.7 Å². The molecule has 6 rings (SSSR count). The first-order valence-electron chi connectivity index (χ1n) is 15.2. The van der Waals surface area contributed by atoms with Gasteiger partial charge in [0.15, 0.2) is 12.0 Å². The van der Waals surface area contributed by atoms with E-state index in [9.17, 15) is 19.2 Å². The second kappa shape index (κ2) is 12.9. The molecule has 10 heteroatoms. The van der Waals surface area contributed by atoms with Crippen molar-refractivity contribution in [1.82, 2.24) is 9.91 Å². The van der Waals surface area contributed by atoms with E-state index in [4.69, 9.17) is 15.3 Å². The SMILES string of the molecule is NN1CC(N(c2ccc(C(=O)c3cccc(Oc4ccccc4)c3)cc2)C2CCCCC2)C(=O)OC2CCCN2C(=O)C1=O. The Labute approximate surface area is 256 Å². The molecule has 1 aliphatic carbocycles. The van der Waals surface area contributed by atoms with Gasteiger partial charge in [0.05, 0.1) is 6.54 Å². The molecule has 3 aromatic carbocycles. The summed E-state index contributed by atoms with van der Waals surface area (Å²) in [6.07, 6.45) is 5.13. The zero-order valence-corrected chi connectivity index (χ0v) is 24.5. The van der Waals surface area contributed by atoms with Crippen molar-refractivity contribution in [2.24, 2.45) is 5.84 Å². The van der Waals surface area contributed by atoms with Gasteiger partial charge in [0, 0.05) is 35.8 Å². The Morgan fingerprint density at radius 1 is 0.795 bits per heavy atom. The fraction of sp³-hybridized carbons (Fsp3) is 0.353. The molecule has 228 valence electrons. The molecule has 3 fully saturated rings. The van der Waals surface area contributed by atoms with Crippen LogP contribution >= 0.6 is 0 Å². The summed E-state index contributed by atoms with van der Waals surface area (Å²) in [5, 5.41) is 0.840. The molecular weight excluding hydrogens is 560 g/mol. The number of carbonyl (C=O) groups is 4. The highest BCUT2D eigenvalue weighted by Crippen LogP contribution is 2.32. The van der Waals surface area contributed by atoms with Crippen LogP contribution in [0.25, 0.3) is 0 Å². The number of benzene rings is 3. The number of hydrogen-bond donors (Lipinski definition) is 1. The van der Waals surface area contributed by atoms with Crippen LogP contribution in [0.15, 0.2) is 78.9 Å². The Morgan fingerprint density at radius 2 is 1.52 bits per heavy atom. The highest BCUT2D eigenvalue weighted by atomic mass is 16.6. The maximum Gasteiger partial charge on any atom is 0.332 e. The van der Waals surface area contributed by atoms with Gasteiger partial charge in [-0.25, -0.2) is 10.6 Å². The Hall–Kier alpha value is -4.70. The molecule has 0 bridgehead atoms. The summed E-state index contributed by atoms with van der Waals surface area (Å²) >= 11 is 0. The number of rotatable bonds is 7. The molecular formula is C34H36N4O6. The lowest BCUT2D eigenvalue weighted by atomic mass is 9.92. The van der Waals surface area contributed by atoms with Crippen molar-refractivity contribution in [2.75, 3.05) is 18.0 Å². The molecule has 10 nitrogen and oxygen atoms in total. The summed E-state index contributed by atoms with van der Waals surface area (Å²) in [4.78, 5) is 56.3. The van der Waals surface area contributed by atoms with Crippen LogP contribution in [0.3, 0.4) is 0 Å². The topological polar surface area (TPSA) is 122 Å². The molecule has 3 aliphatic rings. The molecule has 0 spiro atoms. The van der Waals surface area contributed by atoms with Crippen LogP contribution in [-0.2, 0) is 19.1 Å². The quantitative estimate of drug-likeness (QED) is 0.140. The maximum absolute atomic E-state index is 13.7. The van der Waals surface area contributed by atoms with E-state index < -0.39 is 30.1 Å². The van der Waals surface area contributed by atoms with Crippen LogP contribution in [0.1, 0.15) is 60.9 Å². The summed E-state index contributed by atoms with van der Waals surface area (Å²) in [5.74, 6) is 5.05. The monoisotopic (exact) mass is 596 g/mol. The van der Waals surface area contributed by atoms with Crippen LogP contribution in [0.5, 0.6) is 11.5 Å². The Morgan fingerprint density at radius 3 is 2.27 bits per heavy atom. The van der Waals surface area contributed by atoms with E-state index in [2.05, 4.69) is 0 Å². The van der Waals surface area contributed by atoms with Gasteiger partial charge in [0.25, 0.3) is 0 Å². The van der Waals surface area contributed by atoms with Gasteiger partial charge >= 0.3 is 17.8 Å². The van der Waals surface area contributed by atoms with Crippen molar-refractivity contribution in [3.63, 3.8) is 0 Å². The molecule has 2 aliphatic heterocycles. The van der Waals surface area contributed by atoms with E-state index in [1.807, 2.05) is 47.4 Å². The van der Waals surface area contributed by atoms with Gasteiger partial charge in [-0.3, -0.25) is 24.3 Å². The average molecular weight is 597 g/mol. The number of nitrogens with two attached hydrogens (primary N) is 1. The van der Waals surface area contributed by atoms with Gasteiger partial charge < -0.3 is 14.4 Å². The van der Waals surface area contributed by atoms with E-state index in [1.165, 1.54) is 4.90 Å². The second-order valence-corrected chi connectivity index (χ2v) is 11.5. The first-order valence-corrected chi connectivity index (χ1v) is 15.2. The molecule has 1 saturated carbocycles. The summed E-state index contributed by atoms with van der Waals surface area (Å²) in [7, 11) is 0. The molecule has 2 N–H and O–H groups in total. The number of esters is 1. The Balaban J connectivity index is 1.28. The lowest BCUT2D eigenvalue weighted by Gasteiger charge is -2.41. The van der Waals surface area contributed by atoms with Crippen LogP contribution in [0.4, 0.5) is 5.69 Å². The van der Waals surface area contributed by atoms with Gasteiger partial charge in [0.1, 0.15) is 17.5 Å². The lowest BCUT2D eigenvalue weighted by Crippen LogP contribution is -2.57. The zero-order chi connectivity index (χ0) is 30.6. The van der Waals surface area contributed by atoms with Gasteiger partial charge in [-0.15, -0.1) is 0 Å². The first-order chi connectivity index (χ1) is 21.4. The summed E-state index contributed by atoms with van der Waals surface area (Å²) in [5.41, 5.74) is 1.68. The molecule has 2 heterocycles. The smallest absolute Gasteiger partial charge is 0.332 e. The molecule has 0 aromatic heterocycles. The third-order valence-corrected chi connectivity index (χ3v) is 8.60. The van der Waals surface area contributed by atoms with E-state index in [-0.39, 0.29) is 18.4 Å². The number of hydrazine groups is 1. The molecule has 2 amide bonds. The van der Waals surface area contributed by atoms with E-state index in [0.29, 0.717) is 47.7 Å². The van der Waals surface area contributed by atoms with E-state index >= 15 is 0 Å². The number of nitrogens with zero attached hydrogens (tertiary/aromatic N) is 3. The Bertz CT molecular complexity index is 1520. The van der Waals surface area contributed by atoms with Crippen LogP contribution in [0.2, 0.25) is 0 Å². The van der Waals surface area contributed by atoms with Crippen LogP contribution in [0, 0.1) is 0 Å². The highest BCUT2D eigenvalue weighted by molar-refractivity contribution is 6.35. The number of anilines is 1. The maximum atomic E-state index is 13.7. The minimum absolute atomic E-state index is 0.00527. The lowest BCUT2D eigenvalue weighted by molar-refractivity contribution is -0.164. The number of ether oxygens (including phenoxy) is 2. The molecule has 44 heavy (non-hydrogen) atoms. The number of hydrogen-bond acceptors (Lipinski definition) is 8. The third-order valence-electron chi connectivity index (χ3n) is 8.60. The second-order valence-electron chi connectivity index (χ2n) is 11.5. The highest BCUT2D eigenvalue weighted by Gasteiger charge is 2.43. The van der Waals surface area contributed by atoms with Crippen LogP contribution < -0.4 is 15.5 Å². The number of amides is 2. The van der Waals surface area contributed by atoms with Crippen molar-refractivity contribution in [2.45, 2.75) is 63.3 Å². The molecule has 0 radical (unpaired) electrons. The number of carbonyl (C=O) groups excluding carboxylic acids is 4. The average Bonchev–Trinajstić information content (AvgIpc) is 3.53. The van der Waals surface area contributed by atoms with Gasteiger partial charge in [0.2, 0.25) is 0 Å². The predicted octanol–water partition coefficient (Wildman–Crippen LogP) is 4.43. The largest absolute Gasteiger partial charge is 0.457 e. The fourth-order valence-corrected chi connectivity index (χ4v) is 6.38. The molecule has 3 aromatic rings. The Kier molecular flexibility index (Phi) is 8.60. The predicted molar refractivity (Wildman–Crippen MR) is 163 cm³/mol. The number of para-hydroxylation sites is 1. The first kappa shape index (κ1) is 29.4. The standard InChI is InChI=1S/C34H36N4O6/c35-37-22-29(34(42)44-30-15-8-20-36(30)32(40)33(37)41)38(25-10-3-1-4-11-25)26-18-16-23(17-19-26)31(39)24-9-7-14-28(21-24)43-27-12-5-2-6-13-27/h2,5-7,9,12-14,16-19,21,25,29-30H,1,3-4,8,10-11,15,20,22,35H2. The van der Waals surface area contributed by atoms with Crippen LogP contribution in [-0.4, -0.2) is 64.9 Å². The number of ketones is 1. The summed E-state index contributed by atoms with van der Waals surface area (Å²) in [6.45, 7) is 0.138. The van der Waals surface area contributed by atoms with Gasteiger partial charge in [-0.2, -0.15) is 0 Å². The zero-order valence-electron chi connectivity index (χ0n) is 24.5. The van der Waals surface area contributed by atoms with Gasteiger partial charge in [-0.1, -0.05) is 49.6 Å². The summed E-state index contributed by atoms with van der Waals surface area (Å²) < 4.78 is 11.8. The van der Waals surface area contributed by atoms with Crippen molar-refractivity contribution in [1.29, 1.82) is 0 Å². The van der Waals surface area contributed by atoms with E-state index in [1.54, 1.807) is 36.4 Å². The normalized spacial score (nSPS) is 21.2. The molecule has 2 saturated heterocycles. The van der Waals surface area contributed by atoms with Crippen molar-refractivity contribution >= 4 is 29.3 Å². The van der Waals surface area contributed by atoms with Crippen molar-refractivity contribution in [3.05, 3.63) is 90.0 Å². The fourth-order valence-electron chi connectivity index (χ4n) is 6.38. The van der Waals surface area contributed by atoms with Gasteiger partial charge in [-0.05, 0) is 67.8 Å². The minimum atomic E-state index is -0.922. The van der Waals surface area contributed by atoms with E-state index in [0.717, 1.165) is 37.1 Å². The molecule has 2 atom stereocenters. The molecule has 2 unspecified atom stereocenters.